The van der Waals surface area contributed by atoms with E-state index >= 15 is 0 Å². The highest BCUT2D eigenvalue weighted by molar-refractivity contribution is 7.18. The van der Waals surface area contributed by atoms with Gasteiger partial charge in [0, 0.05) is 36.6 Å². The summed E-state index contributed by atoms with van der Waals surface area (Å²) in [5, 5.41) is 1.14. The molecule has 8 heteroatoms. The topological polar surface area (TPSA) is 75.6 Å². The number of rotatable bonds is 5. The number of anilines is 1. The number of thiophene rings is 1. The van der Waals surface area contributed by atoms with Crippen molar-refractivity contribution in [2.45, 2.75) is 46.1 Å². The minimum atomic E-state index is -0.146. The lowest BCUT2D eigenvalue weighted by Gasteiger charge is -2.32. The first-order valence-electron chi connectivity index (χ1n) is 12.0. The maximum absolute atomic E-state index is 12.7. The lowest BCUT2D eigenvalue weighted by Crippen LogP contribution is -2.37. The van der Waals surface area contributed by atoms with Crippen molar-refractivity contribution in [2.75, 3.05) is 31.1 Å². The Labute approximate surface area is 203 Å². The number of ether oxygens (including phenoxy) is 1. The largest absolute Gasteiger partial charge is 0.461 e. The summed E-state index contributed by atoms with van der Waals surface area (Å²) in [5.74, 6) is 0.811. The average molecular weight is 479 g/mol. The molecule has 2 fully saturated rings. The predicted molar refractivity (Wildman–Crippen MR) is 133 cm³/mol. The number of aryl methyl sites for hydroxylation is 2. The van der Waals surface area contributed by atoms with Crippen LogP contribution in [0.3, 0.4) is 0 Å². The van der Waals surface area contributed by atoms with E-state index in [0.29, 0.717) is 5.56 Å². The van der Waals surface area contributed by atoms with E-state index in [-0.39, 0.29) is 24.4 Å². The zero-order valence-electron chi connectivity index (χ0n) is 19.7. The molecule has 3 aromatic rings. The van der Waals surface area contributed by atoms with Gasteiger partial charge < -0.3 is 14.5 Å². The molecule has 34 heavy (non-hydrogen) atoms. The molecule has 5 rings (SSSR count). The molecule has 0 saturated carbocycles. The number of benzene rings is 1. The zero-order chi connectivity index (χ0) is 23.7. The number of esters is 1. The molecule has 0 bridgehead atoms. The molecule has 2 aliphatic rings. The average Bonchev–Trinajstić information content (AvgIpc) is 3.51. The summed E-state index contributed by atoms with van der Waals surface area (Å²) < 4.78 is 5.62. The number of aromatic nitrogens is 2. The number of likely N-dealkylation sites (tertiary alicyclic amines) is 1. The smallest absolute Gasteiger partial charge is 0.309 e. The minimum Gasteiger partial charge on any atom is -0.461 e. The first-order valence-corrected chi connectivity index (χ1v) is 12.8. The van der Waals surface area contributed by atoms with Gasteiger partial charge in [-0.2, -0.15) is 0 Å². The van der Waals surface area contributed by atoms with Crippen molar-refractivity contribution in [3.8, 4) is 0 Å². The second-order valence-corrected chi connectivity index (χ2v) is 10.4. The van der Waals surface area contributed by atoms with Gasteiger partial charge in [0.1, 0.15) is 23.6 Å². The van der Waals surface area contributed by atoms with Crippen LogP contribution in [-0.2, 0) is 16.1 Å². The maximum Gasteiger partial charge on any atom is 0.309 e. The molecule has 4 heterocycles. The van der Waals surface area contributed by atoms with Gasteiger partial charge in [-0.1, -0.05) is 12.1 Å². The highest BCUT2D eigenvalue weighted by atomic mass is 32.1. The number of amides is 1. The van der Waals surface area contributed by atoms with Gasteiger partial charge in [0.05, 0.1) is 11.3 Å². The van der Waals surface area contributed by atoms with Crippen LogP contribution >= 0.6 is 11.3 Å². The van der Waals surface area contributed by atoms with E-state index in [1.54, 1.807) is 17.7 Å². The van der Waals surface area contributed by atoms with Crippen LogP contribution in [0.25, 0.3) is 10.2 Å². The van der Waals surface area contributed by atoms with Crippen LogP contribution < -0.4 is 4.90 Å². The van der Waals surface area contributed by atoms with Gasteiger partial charge in [-0.25, -0.2) is 9.97 Å². The van der Waals surface area contributed by atoms with Gasteiger partial charge in [-0.05, 0) is 62.8 Å². The molecule has 0 atom stereocenters. The maximum atomic E-state index is 12.7. The number of carbonyl (C=O) groups is 2. The molecule has 1 amide bonds. The van der Waals surface area contributed by atoms with Gasteiger partial charge in [-0.3, -0.25) is 9.59 Å². The fourth-order valence-electron chi connectivity index (χ4n) is 4.85. The molecule has 2 saturated heterocycles. The Hall–Kier alpha value is -3.00. The second-order valence-electron chi connectivity index (χ2n) is 9.23. The standard InChI is InChI=1S/C26H30N4O3S/c1-17-18(2)34-24-22(17)23(27-16-28-24)29-13-9-21(10-14-29)26(32)33-15-19-5-7-20(8-6-19)25(31)30-11-3-4-12-30/h5-8,16,21H,3-4,9-15H2,1-2H3. The summed E-state index contributed by atoms with van der Waals surface area (Å²) in [6.45, 7) is 7.70. The Balaban J connectivity index is 1.14. The van der Waals surface area contributed by atoms with E-state index in [9.17, 15) is 9.59 Å². The predicted octanol–water partition coefficient (Wildman–Crippen LogP) is 4.50. The van der Waals surface area contributed by atoms with Gasteiger partial charge in [0.15, 0.2) is 0 Å². The number of hydrogen-bond donors (Lipinski definition) is 0. The van der Waals surface area contributed by atoms with Crippen LogP contribution in [0.1, 0.15) is 52.0 Å². The molecule has 7 nitrogen and oxygen atoms in total. The Morgan fingerprint density at radius 3 is 2.44 bits per heavy atom. The van der Waals surface area contributed by atoms with Crippen molar-refractivity contribution in [1.29, 1.82) is 0 Å². The SMILES string of the molecule is Cc1sc2ncnc(N3CCC(C(=O)OCc4ccc(C(=O)N5CCCC5)cc4)CC3)c2c1C. The molecular formula is C26H30N4O3S. The van der Waals surface area contributed by atoms with Crippen LogP contribution in [0.15, 0.2) is 30.6 Å². The van der Waals surface area contributed by atoms with Crippen LogP contribution in [-0.4, -0.2) is 52.9 Å². The lowest BCUT2D eigenvalue weighted by atomic mass is 9.96. The third kappa shape index (κ3) is 4.51. The number of fused-ring (bicyclic) bond motifs is 1. The van der Waals surface area contributed by atoms with Crippen LogP contribution in [0.2, 0.25) is 0 Å². The van der Waals surface area contributed by atoms with E-state index in [2.05, 4.69) is 28.7 Å². The fraction of sp³-hybridized carbons (Fsp3) is 0.462. The molecule has 0 spiro atoms. The first-order chi connectivity index (χ1) is 16.5. The van der Waals surface area contributed by atoms with Crippen LogP contribution in [0.4, 0.5) is 5.82 Å². The third-order valence-electron chi connectivity index (χ3n) is 7.05. The van der Waals surface area contributed by atoms with Crippen LogP contribution in [0.5, 0.6) is 0 Å². The number of hydrogen-bond acceptors (Lipinski definition) is 7. The molecule has 2 aromatic heterocycles. The van der Waals surface area contributed by atoms with Crippen molar-refractivity contribution in [3.63, 3.8) is 0 Å². The summed E-state index contributed by atoms with van der Waals surface area (Å²) in [6.07, 6.45) is 5.29. The minimum absolute atomic E-state index is 0.0848. The molecule has 1 aromatic carbocycles. The van der Waals surface area contributed by atoms with Crippen molar-refractivity contribution in [1.82, 2.24) is 14.9 Å². The van der Waals surface area contributed by atoms with E-state index in [1.165, 1.54) is 10.4 Å². The molecule has 0 radical (unpaired) electrons. The number of piperidine rings is 1. The van der Waals surface area contributed by atoms with Crippen molar-refractivity contribution in [2.24, 2.45) is 5.92 Å². The highest BCUT2D eigenvalue weighted by Crippen LogP contribution is 2.35. The molecular weight excluding hydrogens is 448 g/mol. The van der Waals surface area contributed by atoms with Gasteiger partial charge in [0.25, 0.3) is 5.91 Å². The second kappa shape index (κ2) is 9.70. The summed E-state index contributed by atoms with van der Waals surface area (Å²) in [6, 6.07) is 7.42. The van der Waals surface area contributed by atoms with E-state index in [1.807, 2.05) is 29.2 Å². The molecule has 0 N–H and O–H groups in total. The summed E-state index contributed by atoms with van der Waals surface area (Å²) >= 11 is 1.70. The lowest BCUT2D eigenvalue weighted by molar-refractivity contribution is -0.150. The van der Waals surface area contributed by atoms with Gasteiger partial charge >= 0.3 is 5.97 Å². The highest BCUT2D eigenvalue weighted by Gasteiger charge is 2.28. The Morgan fingerprint density at radius 2 is 1.74 bits per heavy atom. The summed E-state index contributed by atoms with van der Waals surface area (Å²) in [4.78, 5) is 40.7. The number of carbonyl (C=O) groups excluding carboxylic acids is 2. The number of nitrogens with zero attached hydrogens (tertiary/aromatic N) is 4. The van der Waals surface area contributed by atoms with Gasteiger partial charge in [-0.15, -0.1) is 11.3 Å². The zero-order valence-corrected chi connectivity index (χ0v) is 20.6. The molecule has 0 aliphatic carbocycles. The third-order valence-corrected chi connectivity index (χ3v) is 8.16. The Kier molecular flexibility index (Phi) is 6.50. The quantitative estimate of drug-likeness (QED) is 0.503. The van der Waals surface area contributed by atoms with Crippen molar-refractivity contribution < 1.29 is 14.3 Å². The van der Waals surface area contributed by atoms with Gasteiger partial charge in [0.2, 0.25) is 0 Å². The Bertz CT molecular complexity index is 1190. The summed E-state index contributed by atoms with van der Waals surface area (Å²) in [5.41, 5.74) is 2.83. The van der Waals surface area contributed by atoms with Crippen molar-refractivity contribution >= 4 is 39.2 Å². The van der Waals surface area contributed by atoms with Crippen molar-refractivity contribution in [3.05, 3.63) is 52.2 Å². The van der Waals surface area contributed by atoms with Crippen LogP contribution in [0, 0.1) is 19.8 Å². The Morgan fingerprint density at radius 1 is 1.03 bits per heavy atom. The fourth-order valence-corrected chi connectivity index (χ4v) is 5.84. The summed E-state index contributed by atoms with van der Waals surface area (Å²) in [7, 11) is 0. The van der Waals surface area contributed by atoms with E-state index < -0.39 is 0 Å². The van der Waals surface area contributed by atoms with E-state index in [0.717, 1.165) is 73.5 Å². The van der Waals surface area contributed by atoms with E-state index in [4.69, 9.17) is 4.74 Å². The normalized spacial score (nSPS) is 16.9. The molecule has 2 aliphatic heterocycles. The molecule has 0 unspecified atom stereocenters. The first kappa shape index (κ1) is 22.8. The molecule has 178 valence electrons. The monoisotopic (exact) mass is 478 g/mol.